The molecule has 0 aliphatic rings. The predicted octanol–water partition coefficient (Wildman–Crippen LogP) is 3.45. The summed E-state index contributed by atoms with van der Waals surface area (Å²) < 4.78 is 68.6. The highest BCUT2D eigenvalue weighted by molar-refractivity contribution is 7.89. The number of hydrogen-bond donors (Lipinski definition) is 3. The summed E-state index contributed by atoms with van der Waals surface area (Å²) in [6, 6.07) is 4.47. The lowest BCUT2D eigenvalue weighted by Gasteiger charge is -2.26. The zero-order chi connectivity index (χ0) is 28.1. The van der Waals surface area contributed by atoms with Gasteiger partial charge in [-0.2, -0.15) is 0 Å². The Morgan fingerprint density at radius 3 is 2.38 bits per heavy atom. The molecule has 3 N–H and O–H groups in total. The van der Waals surface area contributed by atoms with Gasteiger partial charge in [0.25, 0.3) is 0 Å². The van der Waals surface area contributed by atoms with E-state index >= 15 is 0 Å². The van der Waals surface area contributed by atoms with Gasteiger partial charge in [0, 0.05) is 26.1 Å². The van der Waals surface area contributed by atoms with E-state index in [0.29, 0.717) is 44.0 Å². The first-order valence-corrected chi connectivity index (χ1v) is 14.4. The van der Waals surface area contributed by atoms with Gasteiger partial charge in [-0.1, -0.05) is 39.8 Å². The summed E-state index contributed by atoms with van der Waals surface area (Å²) in [6.45, 7) is 9.42. The number of hydrogen-bond acceptors (Lipinski definition) is 6. The van der Waals surface area contributed by atoms with Crippen molar-refractivity contribution < 1.29 is 36.2 Å². The predicted molar refractivity (Wildman–Crippen MR) is 138 cm³/mol. The fourth-order valence-corrected chi connectivity index (χ4v) is 5.33. The molecule has 0 aromatic heterocycles. The molecule has 0 fully saturated rings. The van der Waals surface area contributed by atoms with E-state index < -0.39 is 40.2 Å². The first kappa shape index (κ1) is 33.1. The molecule has 37 heavy (non-hydrogen) atoms. The normalized spacial score (nSPS) is 14.1. The molecule has 2 atom stereocenters. The topological polar surface area (TPSA) is 108 Å². The summed E-state index contributed by atoms with van der Waals surface area (Å²) >= 11 is 0. The molecular weight excluding hydrogens is 511 g/mol. The maximum absolute atomic E-state index is 12.7. The van der Waals surface area contributed by atoms with Crippen LogP contribution in [0.15, 0.2) is 24.3 Å². The Bertz CT molecular complexity index is 907. The van der Waals surface area contributed by atoms with Gasteiger partial charge >= 0.3 is 6.36 Å². The number of carbonyl (C=O) groups excluding carboxylic acids is 1. The molecule has 214 valence electrons. The number of rotatable bonds is 18. The van der Waals surface area contributed by atoms with E-state index in [0.717, 1.165) is 12.5 Å². The number of aliphatic hydroxyl groups excluding tert-OH is 1. The van der Waals surface area contributed by atoms with Crippen molar-refractivity contribution in [1.29, 1.82) is 0 Å². The van der Waals surface area contributed by atoms with Crippen molar-refractivity contribution in [3.05, 3.63) is 29.8 Å². The van der Waals surface area contributed by atoms with Crippen LogP contribution in [0.3, 0.4) is 0 Å². The van der Waals surface area contributed by atoms with Crippen LogP contribution in [-0.2, 0) is 21.2 Å². The third kappa shape index (κ3) is 14.0. The highest BCUT2D eigenvalue weighted by Crippen LogP contribution is 2.24. The van der Waals surface area contributed by atoms with Crippen LogP contribution in [0.4, 0.5) is 13.2 Å². The monoisotopic (exact) mass is 553 g/mol. The van der Waals surface area contributed by atoms with Gasteiger partial charge in [-0.25, -0.2) is 12.7 Å². The van der Waals surface area contributed by atoms with Crippen molar-refractivity contribution in [1.82, 2.24) is 14.9 Å². The summed E-state index contributed by atoms with van der Waals surface area (Å²) in [7, 11) is -3.63. The second kappa shape index (κ2) is 16.2. The number of nitrogens with zero attached hydrogens (tertiary/aromatic N) is 1. The summed E-state index contributed by atoms with van der Waals surface area (Å²) in [4.78, 5) is 12.7. The Labute approximate surface area is 219 Å². The number of carbonyl (C=O) groups is 1. The molecule has 8 nitrogen and oxygen atoms in total. The molecule has 0 spiro atoms. The SMILES string of the molecule is CCCN(CCC)S(=O)(=O)CCC(=O)N[C@@H](Cc1cccc(OC(F)(F)F)c1)[C@H](O)CNCCC(C)C. The Balaban J connectivity index is 2.92. The average molecular weight is 554 g/mol. The van der Waals surface area contributed by atoms with E-state index in [4.69, 9.17) is 0 Å². The van der Waals surface area contributed by atoms with E-state index in [1.807, 2.05) is 13.8 Å². The molecule has 12 heteroatoms. The Morgan fingerprint density at radius 2 is 1.81 bits per heavy atom. The molecule has 0 saturated carbocycles. The van der Waals surface area contributed by atoms with E-state index in [1.54, 1.807) is 6.07 Å². The molecule has 1 rings (SSSR count). The lowest BCUT2D eigenvalue weighted by Crippen LogP contribution is -2.49. The maximum atomic E-state index is 12.7. The molecule has 0 unspecified atom stereocenters. The maximum Gasteiger partial charge on any atom is 0.573 e. The van der Waals surface area contributed by atoms with Gasteiger partial charge in [0.15, 0.2) is 0 Å². The van der Waals surface area contributed by atoms with Gasteiger partial charge in [0.05, 0.1) is 17.9 Å². The minimum Gasteiger partial charge on any atom is -0.406 e. The number of benzene rings is 1. The summed E-state index contributed by atoms with van der Waals surface area (Å²) in [5, 5.41) is 16.6. The van der Waals surface area contributed by atoms with E-state index in [2.05, 4.69) is 29.2 Å². The molecule has 1 amide bonds. The minimum absolute atomic E-state index is 0.0262. The second-order valence-electron chi connectivity index (χ2n) is 9.49. The third-order valence-corrected chi connectivity index (χ3v) is 7.45. The van der Waals surface area contributed by atoms with Gasteiger partial charge in [0.1, 0.15) is 5.75 Å². The van der Waals surface area contributed by atoms with Crippen molar-refractivity contribution in [3.8, 4) is 5.75 Å². The molecule has 0 heterocycles. The minimum atomic E-state index is -4.85. The Morgan fingerprint density at radius 1 is 1.16 bits per heavy atom. The van der Waals surface area contributed by atoms with Gasteiger partial charge < -0.3 is 20.5 Å². The number of alkyl halides is 3. The van der Waals surface area contributed by atoms with Crippen molar-refractivity contribution >= 4 is 15.9 Å². The van der Waals surface area contributed by atoms with Crippen LogP contribution < -0.4 is 15.4 Å². The van der Waals surface area contributed by atoms with Crippen LogP contribution in [0.2, 0.25) is 0 Å². The first-order valence-electron chi connectivity index (χ1n) is 12.8. The second-order valence-corrected chi connectivity index (χ2v) is 11.6. The van der Waals surface area contributed by atoms with Crippen molar-refractivity contribution in [2.24, 2.45) is 5.92 Å². The number of halogens is 3. The molecule has 0 bridgehead atoms. The van der Waals surface area contributed by atoms with Crippen LogP contribution >= 0.6 is 0 Å². The Hall–Kier alpha value is -1.89. The zero-order valence-electron chi connectivity index (χ0n) is 22.2. The summed E-state index contributed by atoms with van der Waals surface area (Å²) in [5.74, 6) is -0.884. The standard InChI is InChI=1S/C25H42F3N3O5S/c1-5-13-31(14-6-2)37(34,35)15-11-24(33)30-22(23(32)18-29-12-10-19(3)4)17-20-8-7-9-21(16-20)36-25(26,27)28/h7-9,16,19,22-23,29,32H,5-6,10-15,17-18H2,1-4H3,(H,30,33)/t22-,23+/m0/s1. The number of aliphatic hydroxyl groups is 1. The molecule has 0 aliphatic carbocycles. The van der Waals surface area contributed by atoms with Gasteiger partial charge in [0.2, 0.25) is 15.9 Å². The average Bonchev–Trinajstić information content (AvgIpc) is 2.79. The van der Waals surface area contributed by atoms with E-state index in [1.165, 1.54) is 16.4 Å². The van der Waals surface area contributed by atoms with Crippen molar-refractivity contribution in [2.75, 3.05) is 31.9 Å². The molecule has 0 radical (unpaired) electrons. The fourth-order valence-electron chi connectivity index (χ4n) is 3.71. The number of ether oxygens (including phenoxy) is 1. The fraction of sp³-hybridized carbons (Fsp3) is 0.720. The lowest BCUT2D eigenvalue weighted by molar-refractivity contribution is -0.274. The third-order valence-electron chi connectivity index (χ3n) is 5.58. The van der Waals surface area contributed by atoms with E-state index in [9.17, 15) is 31.5 Å². The smallest absolute Gasteiger partial charge is 0.406 e. The summed E-state index contributed by atoms with van der Waals surface area (Å²) in [5.41, 5.74) is 0.415. The quantitative estimate of drug-likeness (QED) is 0.241. The van der Waals surface area contributed by atoms with Gasteiger partial charge in [-0.05, 0) is 55.8 Å². The van der Waals surface area contributed by atoms with Crippen molar-refractivity contribution in [2.45, 2.75) is 78.3 Å². The molecule has 1 aromatic rings. The first-order chi connectivity index (χ1) is 17.3. The lowest BCUT2D eigenvalue weighted by atomic mass is 10.0. The van der Waals surface area contributed by atoms with Gasteiger partial charge in [-0.3, -0.25) is 4.79 Å². The molecular formula is C25H42F3N3O5S. The van der Waals surface area contributed by atoms with Crippen LogP contribution in [0.25, 0.3) is 0 Å². The molecule has 1 aromatic carbocycles. The number of nitrogens with one attached hydrogen (secondary N) is 2. The molecule has 0 saturated heterocycles. The largest absolute Gasteiger partial charge is 0.573 e. The highest BCUT2D eigenvalue weighted by atomic mass is 32.2. The summed E-state index contributed by atoms with van der Waals surface area (Å²) in [6.07, 6.45) is -3.99. The van der Waals surface area contributed by atoms with Crippen LogP contribution in [0, 0.1) is 5.92 Å². The van der Waals surface area contributed by atoms with Crippen LogP contribution in [-0.4, -0.2) is 74.2 Å². The Kier molecular flexibility index (Phi) is 14.5. The zero-order valence-corrected chi connectivity index (χ0v) is 23.0. The number of sulfonamides is 1. The molecule has 0 aliphatic heterocycles. The number of amides is 1. The van der Waals surface area contributed by atoms with Crippen LogP contribution in [0.5, 0.6) is 5.75 Å². The van der Waals surface area contributed by atoms with E-state index in [-0.39, 0.29) is 25.1 Å². The van der Waals surface area contributed by atoms with Crippen LogP contribution in [0.1, 0.15) is 58.9 Å². The highest BCUT2D eigenvalue weighted by Gasteiger charge is 2.31. The van der Waals surface area contributed by atoms with Gasteiger partial charge in [-0.15, -0.1) is 13.2 Å². The van der Waals surface area contributed by atoms with Crippen molar-refractivity contribution in [3.63, 3.8) is 0 Å².